The normalized spacial score (nSPS) is 14.8. The lowest BCUT2D eigenvalue weighted by Gasteiger charge is -2.20. The van der Waals surface area contributed by atoms with Crippen LogP contribution in [-0.4, -0.2) is 38.8 Å². The van der Waals surface area contributed by atoms with E-state index in [-0.39, 0.29) is 20.9 Å². The van der Waals surface area contributed by atoms with Gasteiger partial charge < -0.3 is 4.84 Å². The van der Waals surface area contributed by atoms with Crippen LogP contribution in [0, 0.1) is 0 Å². The first-order valence-corrected chi connectivity index (χ1v) is 7.88. The van der Waals surface area contributed by atoms with Crippen LogP contribution in [0.4, 0.5) is 35.1 Å². The molecule has 1 aliphatic rings. The minimum Gasteiger partial charge on any atom is -0.323 e. The van der Waals surface area contributed by atoms with Gasteiger partial charge in [-0.3, -0.25) is 14.3 Å². The third kappa shape index (κ3) is 3.38. The fourth-order valence-electron chi connectivity index (χ4n) is 2.76. The predicted octanol–water partition coefficient (Wildman–Crippen LogP) is 3.46. The van der Waals surface area contributed by atoms with Crippen molar-refractivity contribution in [2.24, 2.45) is 7.05 Å². The Bertz CT molecular complexity index is 1070. The van der Waals surface area contributed by atoms with Crippen LogP contribution in [0.15, 0.2) is 24.3 Å². The molecule has 0 atom stereocenters. The van der Waals surface area contributed by atoms with E-state index in [1.807, 2.05) is 0 Å². The van der Waals surface area contributed by atoms with E-state index in [4.69, 9.17) is 0 Å². The molecule has 166 valence electrons. The Balaban J connectivity index is 2.07. The van der Waals surface area contributed by atoms with Crippen molar-refractivity contribution < 1.29 is 54.3 Å². The molecule has 3 rings (SSSR count). The maximum atomic E-state index is 13.6. The van der Waals surface area contributed by atoms with Crippen molar-refractivity contribution in [2.45, 2.75) is 18.3 Å². The van der Waals surface area contributed by atoms with Crippen LogP contribution < -0.4 is 0 Å². The van der Waals surface area contributed by atoms with Crippen LogP contribution in [0.1, 0.15) is 42.5 Å². The molecular weight excluding hydrogens is 450 g/mol. The Morgan fingerprint density at radius 3 is 1.84 bits per heavy atom. The van der Waals surface area contributed by atoms with Gasteiger partial charge in [0.25, 0.3) is 11.8 Å². The largest absolute Gasteiger partial charge is 0.459 e. The zero-order valence-electron chi connectivity index (χ0n) is 14.8. The van der Waals surface area contributed by atoms with Crippen molar-refractivity contribution in [1.82, 2.24) is 14.8 Å². The molecule has 1 aromatic heterocycles. The summed E-state index contributed by atoms with van der Waals surface area (Å²) >= 11 is 0. The summed E-state index contributed by atoms with van der Waals surface area (Å²) in [6.45, 7) is 0. The fourth-order valence-corrected chi connectivity index (χ4v) is 2.76. The van der Waals surface area contributed by atoms with E-state index in [1.165, 1.54) is 12.1 Å². The van der Waals surface area contributed by atoms with E-state index >= 15 is 0 Å². The summed E-state index contributed by atoms with van der Waals surface area (Å²) in [5, 5.41) is 2.29. The number of imide groups is 1. The molecule has 0 unspecified atom stereocenters. The second-order valence-corrected chi connectivity index (χ2v) is 6.09. The fraction of sp³-hybridized carbons (Fsp3) is 0.250. The van der Waals surface area contributed by atoms with E-state index < -0.39 is 53.0 Å². The average molecular weight is 457 g/mol. The van der Waals surface area contributed by atoms with Crippen LogP contribution in [0.25, 0.3) is 0 Å². The van der Waals surface area contributed by atoms with Crippen LogP contribution in [0.5, 0.6) is 0 Å². The molecule has 0 radical (unpaired) electrons. The van der Waals surface area contributed by atoms with Gasteiger partial charge in [0.2, 0.25) is 0 Å². The molecule has 15 heteroatoms. The van der Waals surface area contributed by atoms with E-state index in [1.54, 1.807) is 0 Å². The highest BCUT2D eigenvalue weighted by Crippen LogP contribution is 2.48. The number of hydrogen-bond acceptors (Lipinski definition) is 5. The number of hydrogen-bond donors (Lipinski definition) is 0. The Labute approximate surface area is 165 Å². The first kappa shape index (κ1) is 22.2. The topological polar surface area (TPSA) is 81.5 Å². The molecular formula is C16H7F8N3O4. The lowest BCUT2D eigenvalue weighted by Crippen LogP contribution is -2.36. The minimum absolute atomic E-state index is 0.210. The van der Waals surface area contributed by atoms with Crippen LogP contribution in [0.3, 0.4) is 0 Å². The maximum Gasteiger partial charge on any atom is 0.459 e. The molecule has 0 fully saturated rings. The van der Waals surface area contributed by atoms with Gasteiger partial charge >= 0.3 is 24.2 Å². The van der Waals surface area contributed by atoms with Gasteiger partial charge in [-0.15, -0.1) is 0 Å². The Morgan fingerprint density at radius 2 is 1.42 bits per heavy atom. The third-order valence-corrected chi connectivity index (χ3v) is 4.11. The molecule has 2 aromatic rings. The lowest BCUT2D eigenvalue weighted by molar-refractivity contribution is -0.292. The highest BCUT2D eigenvalue weighted by Gasteiger charge is 2.64. The van der Waals surface area contributed by atoms with Crippen molar-refractivity contribution in [3.63, 3.8) is 0 Å². The summed E-state index contributed by atoms with van der Waals surface area (Å²) in [5.41, 5.74) is -7.93. The summed E-state index contributed by atoms with van der Waals surface area (Å²) < 4.78 is 105. The van der Waals surface area contributed by atoms with Gasteiger partial charge in [0.05, 0.1) is 11.1 Å². The van der Waals surface area contributed by atoms with Crippen molar-refractivity contribution in [1.29, 1.82) is 0 Å². The van der Waals surface area contributed by atoms with Gasteiger partial charge in [0, 0.05) is 7.05 Å². The standard InChI is InChI=1S/C16H7F8N3O4/c1-26-9(8(15(19,20)21)10(25-26)14(17,18)16(22,23)24)13(30)31-27-11(28)6-4-2-3-5-7(6)12(27)29/h2-5H,1H3. The number of fused-ring (bicyclic) bond motifs is 1. The van der Waals surface area contributed by atoms with Crippen molar-refractivity contribution in [3.05, 3.63) is 52.3 Å². The molecule has 0 aliphatic carbocycles. The second-order valence-electron chi connectivity index (χ2n) is 6.09. The van der Waals surface area contributed by atoms with Crippen molar-refractivity contribution >= 4 is 17.8 Å². The lowest BCUT2D eigenvalue weighted by atomic mass is 10.1. The molecule has 0 saturated carbocycles. The van der Waals surface area contributed by atoms with Crippen LogP contribution >= 0.6 is 0 Å². The average Bonchev–Trinajstić information content (AvgIpc) is 3.12. The van der Waals surface area contributed by atoms with Gasteiger partial charge in [0.15, 0.2) is 11.4 Å². The van der Waals surface area contributed by atoms with Gasteiger partial charge in [-0.1, -0.05) is 17.2 Å². The smallest absolute Gasteiger partial charge is 0.323 e. The van der Waals surface area contributed by atoms with Crippen molar-refractivity contribution in [2.75, 3.05) is 0 Å². The first-order chi connectivity index (χ1) is 14.1. The SMILES string of the molecule is Cn1nc(C(F)(F)C(F)(F)F)c(C(F)(F)F)c1C(=O)ON1C(=O)c2ccccc2C1=O. The molecule has 1 aliphatic heterocycles. The summed E-state index contributed by atoms with van der Waals surface area (Å²) in [7, 11) is 0.476. The number of alkyl halides is 8. The monoisotopic (exact) mass is 457 g/mol. The van der Waals surface area contributed by atoms with E-state index in [0.717, 1.165) is 12.1 Å². The molecule has 31 heavy (non-hydrogen) atoms. The highest BCUT2D eigenvalue weighted by atomic mass is 19.4. The Morgan fingerprint density at radius 1 is 0.935 bits per heavy atom. The van der Waals surface area contributed by atoms with Crippen LogP contribution in [0.2, 0.25) is 0 Å². The molecule has 1 aromatic carbocycles. The number of aromatic nitrogens is 2. The molecule has 0 N–H and O–H groups in total. The highest BCUT2D eigenvalue weighted by molar-refractivity contribution is 6.21. The number of halogens is 8. The van der Waals surface area contributed by atoms with Crippen molar-refractivity contribution in [3.8, 4) is 0 Å². The number of hydroxylamine groups is 2. The number of carbonyl (C=O) groups is 3. The molecule has 7 nitrogen and oxygen atoms in total. The zero-order valence-corrected chi connectivity index (χ0v) is 14.8. The number of amides is 2. The Hall–Kier alpha value is -3.52. The molecule has 0 spiro atoms. The second kappa shape index (κ2) is 6.75. The first-order valence-electron chi connectivity index (χ1n) is 7.88. The summed E-state index contributed by atoms with van der Waals surface area (Å²) in [6, 6.07) is 4.92. The summed E-state index contributed by atoms with van der Waals surface area (Å²) in [4.78, 5) is 40.9. The van der Waals surface area contributed by atoms with Gasteiger partial charge in [0.1, 0.15) is 5.56 Å². The number of nitrogens with zero attached hydrogens (tertiary/aromatic N) is 3. The molecule has 2 amide bonds. The number of benzene rings is 1. The predicted molar refractivity (Wildman–Crippen MR) is 80.5 cm³/mol. The number of rotatable bonds is 3. The van der Waals surface area contributed by atoms with Crippen LogP contribution in [-0.2, 0) is 24.0 Å². The van der Waals surface area contributed by atoms with Gasteiger partial charge in [-0.05, 0) is 12.1 Å². The quantitative estimate of drug-likeness (QED) is 0.521. The zero-order chi connectivity index (χ0) is 23.5. The summed E-state index contributed by atoms with van der Waals surface area (Å²) in [5.74, 6) is -10.8. The Kier molecular flexibility index (Phi) is 4.83. The van der Waals surface area contributed by atoms with E-state index in [2.05, 4.69) is 9.94 Å². The third-order valence-electron chi connectivity index (χ3n) is 4.11. The number of aryl methyl sites for hydroxylation is 1. The summed E-state index contributed by atoms with van der Waals surface area (Å²) in [6.07, 6.45) is -12.4. The number of carbonyl (C=O) groups excluding carboxylic acids is 3. The van der Waals surface area contributed by atoms with E-state index in [9.17, 15) is 49.5 Å². The van der Waals surface area contributed by atoms with Gasteiger partial charge in [-0.25, -0.2) is 4.79 Å². The van der Waals surface area contributed by atoms with E-state index in [0.29, 0.717) is 7.05 Å². The molecule has 2 heterocycles. The minimum atomic E-state index is -6.47. The molecule has 0 bridgehead atoms. The molecule has 0 saturated heterocycles. The van der Waals surface area contributed by atoms with Gasteiger partial charge in [-0.2, -0.15) is 40.2 Å². The maximum absolute atomic E-state index is 13.6.